The highest BCUT2D eigenvalue weighted by Gasteiger charge is 2.48. The van der Waals surface area contributed by atoms with Crippen LogP contribution in [0.25, 0.3) is 0 Å². The van der Waals surface area contributed by atoms with Crippen LogP contribution in [0.2, 0.25) is 0 Å². The van der Waals surface area contributed by atoms with Crippen LogP contribution in [0, 0.1) is 0 Å². The van der Waals surface area contributed by atoms with Crippen molar-refractivity contribution in [2.75, 3.05) is 53.6 Å². The van der Waals surface area contributed by atoms with Gasteiger partial charge in [-0.1, -0.05) is 24.3 Å². The number of carbonyl (C=O) groups excluding carboxylic acids is 3. The van der Waals surface area contributed by atoms with Crippen molar-refractivity contribution in [1.82, 2.24) is 14.7 Å². The zero-order valence-corrected chi connectivity index (χ0v) is 20.9. The van der Waals surface area contributed by atoms with Crippen molar-refractivity contribution >= 4 is 17.9 Å². The number of amides is 3. The van der Waals surface area contributed by atoms with Gasteiger partial charge in [0.05, 0.1) is 32.8 Å². The van der Waals surface area contributed by atoms with E-state index in [1.807, 2.05) is 23.1 Å². The Bertz CT molecular complexity index is 1190. The van der Waals surface area contributed by atoms with E-state index in [1.54, 1.807) is 36.0 Å². The number of methoxy groups -OCH3 is 2. The van der Waals surface area contributed by atoms with Crippen molar-refractivity contribution in [3.8, 4) is 11.5 Å². The van der Waals surface area contributed by atoms with Crippen LogP contribution < -0.4 is 9.47 Å². The Morgan fingerprint density at radius 2 is 1.58 bits per heavy atom. The van der Waals surface area contributed by atoms with E-state index in [4.69, 9.17) is 14.2 Å². The molecule has 2 aromatic rings. The zero-order chi connectivity index (χ0) is 25.4. The molecule has 3 amide bonds. The summed E-state index contributed by atoms with van der Waals surface area (Å²) < 4.78 is 16.1. The van der Waals surface area contributed by atoms with Crippen LogP contribution in [0.15, 0.2) is 36.4 Å². The van der Waals surface area contributed by atoms with Crippen molar-refractivity contribution in [1.29, 1.82) is 0 Å². The summed E-state index contributed by atoms with van der Waals surface area (Å²) in [5.41, 5.74) is 3.27. The first-order valence-corrected chi connectivity index (χ1v) is 12.3. The van der Waals surface area contributed by atoms with Gasteiger partial charge in [-0.2, -0.15) is 0 Å². The topological polar surface area (TPSA) is 88.6 Å². The number of benzene rings is 2. The molecule has 1 fully saturated rings. The largest absolute Gasteiger partial charge is 0.493 e. The van der Waals surface area contributed by atoms with Crippen LogP contribution in [-0.2, 0) is 16.0 Å². The van der Waals surface area contributed by atoms with Crippen LogP contribution in [-0.4, -0.2) is 86.2 Å². The summed E-state index contributed by atoms with van der Waals surface area (Å²) in [6.07, 6.45) is 0.377. The van der Waals surface area contributed by atoms with Crippen LogP contribution in [0.5, 0.6) is 11.5 Å². The number of hydrogen-bond donors (Lipinski definition) is 0. The summed E-state index contributed by atoms with van der Waals surface area (Å²) in [5, 5.41) is 0. The van der Waals surface area contributed by atoms with Crippen molar-refractivity contribution in [3.63, 3.8) is 0 Å². The molecule has 0 aromatic heterocycles. The van der Waals surface area contributed by atoms with E-state index in [9.17, 15) is 14.4 Å². The molecule has 5 rings (SSSR count). The molecule has 0 spiro atoms. The summed E-state index contributed by atoms with van der Waals surface area (Å²) in [5.74, 6) is 0.155. The van der Waals surface area contributed by atoms with Gasteiger partial charge in [0.2, 0.25) is 5.91 Å². The maximum absolute atomic E-state index is 14.2. The fraction of sp³-hybridized carbons (Fsp3) is 0.444. The molecule has 1 saturated heterocycles. The second kappa shape index (κ2) is 9.72. The molecule has 0 unspecified atom stereocenters. The fourth-order valence-electron chi connectivity index (χ4n) is 5.64. The van der Waals surface area contributed by atoms with Crippen LogP contribution in [0.1, 0.15) is 45.9 Å². The van der Waals surface area contributed by atoms with Crippen LogP contribution in [0.4, 0.5) is 4.79 Å². The lowest BCUT2D eigenvalue weighted by atomic mass is 9.75. The van der Waals surface area contributed by atoms with Gasteiger partial charge in [0.15, 0.2) is 11.5 Å². The van der Waals surface area contributed by atoms with Crippen LogP contribution >= 0.6 is 0 Å². The second-order valence-corrected chi connectivity index (χ2v) is 9.18. The third-order valence-corrected chi connectivity index (χ3v) is 7.41. The Morgan fingerprint density at radius 1 is 0.917 bits per heavy atom. The first-order valence-electron chi connectivity index (χ1n) is 12.3. The van der Waals surface area contributed by atoms with Gasteiger partial charge in [0.25, 0.3) is 5.91 Å². The molecule has 0 saturated carbocycles. The molecule has 0 aliphatic carbocycles. The van der Waals surface area contributed by atoms with E-state index in [2.05, 4.69) is 6.07 Å². The van der Waals surface area contributed by atoms with E-state index in [1.165, 1.54) is 7.11 Å². The second-order valence-electron chi connectivity index (χ2n) is 9.18. The highest BCUT2D eigenvalue weighted by Crippen LogP contribution is 2.49. The van der Waals surface area contributed by atoms with Crippen molar-refractivity contribution in [2.45, 2.75) is 25.3 Å². The minimum atomic E-state index is -0.604. The molecule has 3 aliphatic rings. The smallest absolute Gasteiger partial charge is 0.409 e. The molecule has 0 bridgehead atoms. The third-order valence-electron chi connectivity index (χ3n) is 7.41. The predicted molar refractivity (Wildman–Crippen MR) is 131 cm³/mol. The van der Waals surface area contributed by atoms with Gasteiger partial charge in [-0.3, -0.25) is 9.59 Å². The molecule has 0 N–H and O–H groups in total. The van der Waals surface area contributed by atoms with Gasteiger partial charge in [-0.15, -0.1) is 0 Å². The lowest BCUT2D eigenvalue weighted by Gasteiger charge is -2.47. The van der Waals surface area contributed by atoms with E-state index in [0.29, 0.717) is 62.0 Å². The Morgan fingerprint density at radius 3 is 2.28 bits per heavy atom. The first kappa shape index (κ1) is 24.0. The van der Waals surface area contributed by atoms with E-state index >= 15 is 0 Å². The summed E-state index contributed by atoms with van der Waals surface area (Å²) in [6, 6.07) is 11.1. The van der Waals surface area contributed by atoms with Gasteiger partial charge in [0.1, 0.15) is 0 Å². The number of fused-ring (bicyclic) bond motifs is 4. The van der Waals surface area contributed by atoms with Gasteiger partial charge >= 0.3 is 6.09 Å². The van der Waals surface area contributed by atoms with Gasteiger partial charge in [-0.05, 0) is 42.2 Å². The number of carbonyl (C=O) groups is 3. The molecule has 190 valence electrons. The Balaban J connectivity index is 1.56. The van der Waals surface area contributed by atoms with E-state index < -0.39 is 12.0 Å². The average molecular weight is 494 g/mol. The first-order chi connectivity index (χ1) is 17.5. The molecule has 0 radical (unpaired) electrons. The van der Waals surface area contributed by atoms with Crippen molar-refractivity contribution < 1.29 is 28.6 Å². The van der Waals surface area contributed by atoms with Crippen LogP contribution in [0.3, 0.4) is 0 Å². The predicted octanol–water partition coefficient (Wildman–Crippen LogP) is 2.84. The summed E-state index contributed by atoms with van der Waals surface area (Å²) in [7, 11) is 3.08. The van der Waals surface area contributed by atoms with Gasteiger partial charge in [-0.25, -0.2) is 4.79 Å². The average Bonchev–Trinajstić information content (AvgIpc) is 2.92. The molecule has 3 aliphatic heterocycles. The minimum Gasteiger partial charge on any atom is -0.493 e. The Kier molecular flexibility index (Phi) is 6.47. The number of hydrogen-bond acceptors (Lipinski definition) is 6. The minimum absolute atomic E-state index is 0.0637. The van der Waals surface area contributed by atoms with E-state index in [-0.39, 0.29) is 17.9 Å². The Hall–Kier alpha value is -3.75. The number of ether oxygens (including phenoxy) is 3. The zero-order valence-electron chi connectivity index (χ0n) is 20.9. The number of rotatable bonds is 4. The van der Waals surface area contributed by atoms with Crippen molar-refractivity contribution in [3.05, 3.63) is 58.7 Å². The molecular formula is C27H31N3O6. The standard InChI is InChI=1S/C27H31N3O6/c1-4-36-27(33)29-13-11-28(12-14-29)26(32)23-19-15-21(34-2)22(35-3)16-20(19)25(31)30-10-9-17-7-5-6-8-18(17)24(23)30/h5-8,15-16,23-24H,4,9-14H2,1-3H3/t23-,24+/m0/s1. The quantitative estimate of drug-likeness (QED) is 0.651. The fourth-order valence-corrected chi connectivity index (χ4v) is 5.64. The molecule has 3 heterocycles. The van der Waals surface area contributed by atoms with Gasteiger partial charge < -0.3 is 28.9 Å². The third kappa shape index (κ3) is 3.92. The molecule has 36 heavy (non-hydrogen) atoms. The lowest BCUT2D eigenvalue weighted by Crippen LogP contribution is -2.55. The normalized spacial score (nSPS) is 20.8. The highest BCUT2D eigenvalue weighted by molar-refractivity contribution is 6.02. The monoisotopic (exact) mass is 493 g/mol. The maximum atomic E-state index is 14.2. The highest BCUT2D eigenvalue weighted by atomic mass is 16.6. The molecular weight excluding hydrogens is 462 g/mol. The number of nitrogens with zero attached hydrogens (tertiary/aromatic N) is 3. The maximum Gasteiger partial charge on any atom is 0.409 e. The lowest BCUT2D eigenvalue weighted by molar-refractivity contribution is -0.136. The van der Waals surface area contributed by atoms with E-state index in [0.717, 1.165) is 17.5 Å². The SMILES string of the molecule is CCOC(=O)N1CCN(C(=O)[C@H]2c3cc(OC)c(OC)cc3C(=O)N3CCc4ccccc4[C@H]23)CC1. The van der Waals surface area contributed by atoms with Crippen molar-refractivity contribution in [2.24, 2.45) is 0 Å². The molecule has 2 atom stereocenters. The Labute approximate surface area is 210 Å². The summed E-state index contributed by atoms with van der Waals surface area (Å²) >= 11 is 0. The van der Waals surface area contributed by atoms with Gasteiger partial charge in [0, 0.05) is 38.3 Å². The summed E-state index contributed by atoms with van der Waals surface area (Å²) in [4.78, 5) is 45.3. The molecule has 9 heteroatoms. The molecule has 9 nitrogen and oxygen atoms in total. The summed E-state index contributed by atoms with van der Waals surface area (Å²) in [6.45, 7) is 4.23. The molecule has 2 aromatic carbocycles. The number of piperazine rings is 1.